The summed E-state index contributed by atoms with van der Waals surface area (Å²) in [4.78, 5) is 34.2. The van der Waals surface area contributed by atoms with Crippen molar-refractivity contribution in [3.63, 3.8) is 0 Å². The lowest BCUT2D eigenvalue weighted by molar-refractivity contribution is -0.384. The zero-order valence-electron chi connectivity index (χ0n) is 11.0. The number of aliphatic hydroxyl groups excluding tert-OH is 1. The highest BCUT2D eigenvalue weighted by Crippen LogP contribution is 2.21. The molecule has 0 radical (unpaired) electrons. The molecule has 0 unspecified atom stereocenters. The summed E-state index contributed by atoms with van der Waals surface area (Å²) in [7, 11) is 0. The Balaban J connectivity index is 3.13. The normalized spacial score (nSPS) is 11.6. The molecule has 0 heterocycles. The van der Waals surface area contributed by atoms with E-state index in [0.717, 1.165) is 12.1 Å². The molecule has 0 bridgehead atoms. The molecular formula is C12H14N2O6. The first-order chi connectivity index (χ1) is 9.38. The van der Waals surface area contributed by atoms with Gasteiger partial charge in [-0.3, -0.25) is 14.9 Å². The van der Waals surface area contributed by atoms with E-state index >= 15 is 0 Å². The number of amides is 2. The van der Waals surface area contributed by atoms with Crippen LogP contribution in [-0.2, 0) is 9.53 Å². The predicted octanol–water partition coefficient (Wildman–Crippen LogP) is 1.47. The Hall–Kier alpha value is -2.48. The highest BCUT2D eigenvalue weighted by molar-refractivity contribution is 6.13. The first-order valence-corrected chi connectivity index (χ1v) is 5.81. The molecule has 1 N–H and O–H groups in total. The lowest BCUT2D eigenvalue weighted by Crippen LogP contribution is -2.42. The molecule has 0 aliphatic heterocycles. The summed E-state index contributed by atoms with van der Waals surface area (Å²) in [5, 5.41) is 19.9. The summed E-state index contributed by atoms with van der Waals surface area (Å²) in [5.74, 6) is -0.877. The van der Waals surface area contributed by atoms with Crippen LogP contribution in [0, 0.1) is 10.1 Å². The molecule has 1 atom stereocenters. The minimum absolute atomic E-state index is 0.0510. The number of carbonyl (C=O) groups is 2. The molecule has 1 aromatic rings. The number of hydrogen-bond acceptors (Lipinski definition) is 6. The van der Waals surface area contributed by atoms with Gasteiger partial charge >= 0.3 is 6.09 Å². The molecule has 0 aliphatic carbocycles. The number of hydrogen-bond donors (Lipinski definition) is 1. The standard InChI is InChI=1S/C12H14N2O6/c1-3-20-12(17)13(11(16)8(2)15)9-4-6-10(7-5-9)14(18)19/h4-8,15H,3H2,1-2H3/t8-/m0/s1. The van der Waals surface area contributed by atoms with E-state index in [4.69, 9.17) is 4.74 Å². The Labute approximate surface area is 114 Å². The second-order valence-electron chi connectivity index (χ2n) is 3.82. The molecule has 8 nitrogen and oxygen atoms in total. The third-order valence-corrected chi connectivity index (χ3v) is 2.35. The van der Waals surface area contributed by atoms with Crippen LogP contribution in [0.4, 0.5) is 16.2 Å². The maximum Gasteiger partial charge on any atom is 0.421 e. The van der Waals surface area contributed by atoms with Gasteiger partial charge in [-0.2, -0.15) is 0 Å². The molecule has 0 saturated heterocycles. The van der Waals surface area contributed by atoms with E-state index in [9.17, 15) is 24.8 Å². The Morgan fingerprint density at radius 1 is 1.40 bits per heavy atom. The van der Waals surface area contributed by atoms with Crippen LogP contribution in [0.5, 0.6) is 0 Å². The van der Waals surface area contributed by atoms with Crippen LogP contribution in [0.1, 0.15) is 13.8 Å². The second-order valence-corrected chi connectivity index (χ2v) is 3.82. The fourth-order valence-corrected chi connectivity index (χ4v) is 1.42. The minimum atomic E-state index is -1.41. The van der Waals surface area contributed by atoms with Crippen LogP contribution in [0.15, 0.2) is 24.3 Å². The number of rotatable bonds is 4. The van der Waals surface area contributed by atoms with Crippen molar-refractivity contribution in [2.75, 3.05) is 11.5 Å². The molecule has 2 amide bonds. The molecule has 0 fully saturated rings. The second kappa shape index (κ2) is 6.62. The van der Waals surface area contributed by atoms with Crippen LogP contribution < -0.4 is 4.90 Å². The van der Waals surface area contributed by atoms with E-state index in [2.05, 4.69) is 0 Å². The zero-order valence-corrected chi connectivity index (χ0v) is 11.0. The molecule has 0 aromatic heterocycles. The van der Waals surface area contributed by atoms with Crippen LogP contribution >= 0.6 is 0 Å². The van der Waals surface area contributed by atoms with Crippen LogP contribution in [0.3, 0.4) is 0 Å². The van der Waals surface area contributed by atoms with E-state index in [1.165, 1.54) is 19.1 Å². The van der Waals surface area contributed by atoms with Gasteiger partial charge in [0.25, 0.3) is 11.6 Å². The number of benzene rings is 1. The number of non-ortho nitro benzene ring substituents is 1. The average Bonchev–Trinajstić information content (AvgIpc) is 2.39. The van der Waals surface area contributed by atoms with Gasteiger partial charge < -0.3 is 9.84 Å². The van der Waals surface area contributed by atoms with E-state index in [1.807, 2.05) is 0 Å². The van der Waals surface area contributed by atoms with E-state index in [1.54, 1.807) is 6.92 Å². The molecule has 0 spiro atoms. The molecule has 8 heteroatoms. The number of nitro groups is 1. The molecule has 1 rings (SSSR count). The van der Waals surface area contributed by atoms with Gasteiger partial charge in [0.1, 0.15) is 6.10 Å². The molecule has 0 aliphatic rings. The van der Waals surface area contributed by atoms with Gasteiger partial charge in [0, 0.05) is 12.1 Å². The average molecular weight is 282 g/mol. The van der Waals surface area contributed by atoms with Crippen molar-refractivity contribution in [2.24, 2.45) is 0 Å². The number of imide groups is 1. The van der Waals surface area contributed by atoms with E-state index in [0.29, 0.717) is 4.90 Å². The molecule has 20 heavy (non-hydrogen) atoms. The number of carbonyl (C=O) groups excluding carboxylic acids is 2. The number of anilines is 1. The van der Waals surface area contributed by atoms with Gasteiger partial charge in [0.2, 0.25) is 0 Å². The lowest BCUT2D eigenvalue weighted by Gasteiger charge is -2.21. The minimum Gasteiger partial charge on any atom is -0.449 e. The van der Waals surface area contributed by atoms with Crippen molar-refractivity contribution < 1.29 is 24.4 Å². The third kappa shape index (κ3) is 3.51. The van der Waals surface area contributed by atoms with Gasteiger partial charge in [-0.25, -0.2) is 9.69 Å². The fraction of sp³-hybridized carbons (Fsp3) is 0.333. The van der Waals surface area contributed by atoms with Crippen LogP contribution in [-0.4, -0.2) is 34.7 Å². The predicted molar refractivity (Wildman–Crippen MR) is 69.3 cm³/mol. The Morgan fingerprint density at radius 2 is 1.95 bits per heavy atom. The maximum absolute atomic E-state index is 11.8. The third-order valence-electron chi connectivity index (χ3n) is 2.35. The lowest BCUT2D eigenvalue weighted by atomic mass is 10.2. The summed E-state index contributed by atoms with van der Waals surface area (Å²) in [6, 6.07) is 4.76. The molecular weight excluding hydrogens is 268 g/mol. The summed E-state index contributed by atoms with van der Waals surface area (Å²) in [6.07, 6.45) is -2.36. The highest BCUT2D eigenvalue weighted by atomic mass is 16.6. The van der Waals surface area contributed by atoms with Crippen LogP contribution in [0.2, 0.25) is 0 Å². The highest BCUT2D eigenvalue weighted by Gasteiger charge is 2.28. The number of nitro benzene ring substituents is 1. The van der Waals surface area contributed by atoms with Crippen molar-refractivity contribution in [2.45, 2.75) is 20.0 Å². The Bertz CT molecular complexity index is 511. The zero-order chi connectivity index (χ0) is 15.3. The summed E-state index contributed by atoms with van der Waals surface area (Å²) >= 11 is 0. The quantitative estimate of drug-likeness (QED) is 0.661. The molecule has 108 valence electrons. The van der Waals surface area contributed by atoms with Crippen molar-refractivity contribution >= 4 is 23.4 Å². The first kappa shape index (κ1) is 15.6. The number of aliphatic hydroxyl groups is 1. The van der Waals surface area contributed by atoms with Crippen molar-refractivity contribution in [3.8, 4) is 0 Å². The van der Waals surface area contributed by atoms with Crippen molar-refractivity contribution in [1.29, 1.82) is 0 Å². The fourth-order valence-electron chi connectivity index (χ4n) is 1.42. The van der Waals surface area contributed by atoms with Gasteiger partial charge in [-0.15, -0.1) is 0 Å². The summed E-state index contributed by atoms with van der Waals surface area (Å²) in [5.41, 5.74) is -0.0954. The summed E-state index contributed by atoms with van der Waals surface area (Å²) in [6.45, 7) is 2.83. The van der Waals surface area contributed by atoms with Crippen molar-refractivity contribution in [1.82, 2.24) is 0 Å². The van der Waals surface area contributed by atoms with Gasteiger partial charge in [-0.05, 0) is 26.0 Å². The number of ether oxygens (including phenoxy) is 1. The van der Waals surface area contributed by atoms with Gasteiger partial charge in [0.05, 0.1) is 17.2 Å². The monoisotopic (exact) mass is 282 g/mol. The van der Waals surface area contributed by atoms with Crippen molar-refractivity contribution in [3.05, 3.63) is 34.4 Å². The van der Waals surface area contributed by atoms with Crippen LogP contribution in [0.25, 0.3) is 0 Å². The van der Waals surface area contributed by atoms with Gasteiger partial charge in [-0.1, -0.05) is 0 Å². The van der Waals surface area contributed by atoms with Gasteiger partial charge in [0.15, 0.2) is 0 Å². The summed E-state index contributed by atoms with van der Waals surface area (Å²) < 4.78 is 4.73. The Kier molecular flexibility index (Phi) is 5.15. The van der Waals surface area contributed by atoms with E-state index in [-0.39, 0.29) is 18.0 Å². The first-order valence-electron chi connectivity index (χ1n) is 5.81. The largest absolute Gasteiger partial charge is 0.449 e. The maximum atomic E-state index is 11.8. The Morgan fingerprint density at radius 3 is 2.35 bits per heavy atom. The molecule has 0 saturated carbocycles. The number of nitrogens with zero attached hydrogens (tertiary/aromatic N) is 2. The smallest absolute Gasteiger partial charge is 0.421 e. The molecule has 1 aromatic carbocycles. The van der Waals surface area contributed by atoms with E-state index < -0.39 is 23.0 Å². The topological polar surface area (TPSA) is 110 Å². The SMILES string of the molecule is CCOC(=O)N(C(=O)[C@H](C)O)c1ccc([N+](=O)[O-])cc1.